The van der Waals surface area contributed by atoms with Crippen LogP contribution in [0.1, 0.15) is 15.9 Å². The molecule has 1 aromatic rings. The number of aldehydes is 1. The summed E-state index contributed by atoms with van der Waals surface area (Å²) < 4.78 is 0.0202. The predicted octanol–water partition coefficient (Wildman–Crippen LogP) is 2.32. The van der Waals surface area contributed by atoms with E-state index in [9.17, 15) is 9.59 Å². The average molecular weight is 255 g/mol. The van der Waals surface area contributed by atoms with Crippen molar-refractivity contribution >= 4 is 34.3 Å². The third-order valence-corrected chi connectivity index (χ3v) is 2.18. The summed E-state index contributed by atoms with van der Waals surface area (Å²) >= 11 is 2.89. The van der Waals surface area contributed by atoms with E-state index in [0.717, 1.165) is 0 Å². The van der Waals surface area contributed by atoms with E-state index < -0.39 is 5.97 Å². The normalized spacial score (nSPS) is 11.1. The molecule has 4 heteroatoms. The van der Waals surface area contributed by atoms with Gasteiger partial charge < -0.3 is 5.11 Å². The Morgan fingerprint density at radius 2 is 1.86 bits per heavy atom. The Morgan fingerprint density at radius 3 is 2.36 bits per heavy atom. The van der Waals surface area contributed by atoms with Gasteiger partial charge >= 0.3 is 5.97 Å². The number of carboxylic acid groups (broad SMARTS) is 1. The molecule has 0 aliphatic carbocycles. The van der Waals surface area contributed by atoms with E-state index >= 15 is 0 Å². The molecule has 0 bridgehead atoms. The topological polar surface area (TPSA) is 54.4 Å². The smallest absolute Gasteiger partial charge is 0.342 e. The van der Waals surface area contributed by atoms with Crippen molar-refractivity contribution < 1.29 is 14.7 Å². The molecule has 1 rings (SSSR count). The van der Waals surface area contributed by atoms with Gasteiger partial charge in [0.1, 0.15) is 4.48 Å². The first kappa shape index (κ1) is 10.7. The van der Waals surface area contributed by atoms with Crippen LogP contribution in [0, 0.1) is 0 Å². The van der Waals surface area contributed by atoms with Gasteiger partial charge in [0.25, 0.3) is 0 Å². The molecule has 1 N–H and O–H groups in total. The van der Waals surface area contributed by atoms with Gasteiger partial charge in [-0.05, 0) is 27.6 Å². The van der Waals surface area contributed by atoms with Gasteiger partial charge in [-0.25, -0.2) is 4.79 Å². The lowest BCUT2D eigenvalue weighted by Gasteiger charge is -1.97. The summed E-state index contributed by atoms with van der Waals surface area (Å²) in [7, 11) is 0. The third-order valence-electron chi connectivity index (χ3n) is 1.61. The maximum Gasteiger partial charge on any atom is 0.342 e. The van der Waals surface area contributed by atoms with E-state index in [-0.39, 0.29) is 4.48 Å². The SMILES string of the molecule is O=Cc1ccccc1/C=C(\Br)C(=O)O. The van der Waals surface area contributed by atoms with Crippen LogP contribution < -0.4 is 0 Å². The summed E-state index contributed by atoms with van der Waals surface area (Å²) in [5.41, 5.74) is 1.04. The van der Waals surface area contributed by atoms with E-state index in [2.05, 4.69) is 15.9 Å². The molecule has 0 atom stereocenters. The van der Waals surface area contributed by atoms with Crippen LogP contribution in [0.2, 0.25) is 0 Å². The lowest BCUT2D eigenvalue weighted by molar-refractivity contribution is -0.131. The summed E-state index contributed by atoms with van der Waals surface area (Å²) in [6, 6.07) is 6.76. The van der Waals surface area contributed by atoms with Crippen LogP contribution in [0.3, 0.4) is 0 Å². The Hall–Kier alpha value is -1.42. The second-order valence-electron chi connectivity index (χ2n) is 2.54. The van der Waals surface area contributed by atoms with E-state index in [4.69, 9.17) is 5.11 Å². The van der Waals surface area contributed by atoms with Gasteiger partial charge in [0.05, 0.1) is 0 Å². The Labute approximate surface area is 89.2 Å². The maximum atomic E-state index is 10.6. The van der Waals surface area contributed by atoms with Crippen LogP contribution in [-0.2, 0) is 4.79 Å². The summed E-state index contributed by atoms with van der Waals surface area (Å²) in [6.45, 7) is 0. The molecule has 0 aliphatic rings. The van der Waals surface area contributed by atoms with Gasteiger partial charge in [-0.2, -0.15) is 0 Å². The van der Waals surface area contributed by atoms with Crippen molar-refractivity contribution in [2.75, 3.05) is 0 Å². The summed E-state index contributed by atoms with van der Waals surface area (Å²) in [6.07, 6.45) is 2.08. The number of aliphatic carboxylic acids is 1. The van der Waals surface area contributed by atoms with Gasteiger partial charge in [0.15, 0.2) is 6.29 Å². The van der Waals surface area contributed by atoms with E-state index in [1.54, 1.807) is 24.3 Å². The third kappa shape index (κ3) is 2.53. The highest BCUT2D eigenvalue weighted by Gasteiger charge is 2.04. The first-order chi connectivity index (χ1) is 6.65. The highest BCUT2D eigenvalue weighted by atomic mass is 79.9. The number of rotatable bonds is 3. The molecular weight excluding hydrogens is 248 g/mol. The number of carbonyl (C=O) groups is 2. The zero-order chi connectivity index (χ0) is 10.6. The Bertz CT molecular complexity index is 396. The van der Waals surface area contributed by atoms with Crippen LogP contribution in [0.5, 0.6) is 0 Å². The number of carboxylic acids is 1. The quantitative estimate of drug-likeness (QED) is 0.666. The highest BCUT2D eigenvalue weighted by molar-refractivity contribution is 9.12. The van der Waals surface area contributed by atoms with Crippen molar-refractivity contribution in [1.29, 1.82) is 0 Å². The lowest BCUT2D eigenvalue weighted by Crippen LogP contribution is -1.94. The molecule has 0 fully saturated rings. The summed E-state index contributed by atoms with van der Waals surface area (Å²) in [5.74, 6) is -1.06. The predicted molar refractivity (Wildman–Crippen MR) is 56.4 cm³/mol. The largest absolute Gasteiger partial charge is 0.477 e. The molecule has 0 unspecified atom stereocenters. The molecule has 0 aromatic heterocycles. The zero-order valence-electron chi connectivity index (χ0n) is 7.11. The number of benzene rings is 1. The van der Waals surface area contributed by atoms with Gasteiger partial charge in [0.2, 0.25) is 0 Å². The number of hydrogen-bond donors (Lipinski definition) is 1. The Balaban J connectivity index is 3.13. The molecule has 0 heterocycles. The molecule has 3 nitrogen and oxygen atoms in total. The summed E-state index contributed by atoms with van der Waals surface area (Å²) in [4.78, 5) is 21.1. The molecular formula is C10H7BrO3. The van der Waals surface area contributed by atoms with Crippen molar-refractivity contribution in [3.05, 3.63) is 39.9 Å². The van der Waals surface area contributed by atoms with E-state index in [0.29, 0.717) is 17.4 Å². The Morgan fingerprint density at radius 1 is 1.29 bits per heavy atom. The van der Waals surface area contributed by atoms with Gasteiger partial charge in [-0.15, -0.1) is 0 Å². The molecule has 0 saturated carbocycles. The minimum Gasteiger partial charge on any atom is -0.477 e. The fourth-order valence-corrected chi connectivity index (χ4v) is 1.19. The minimum atomic E-state index is -1.06. The van der Waals surface area contributed by atoms with Crippen LogP contribution in [0.25, 0.3) is 6.08 Å². The standard InChI is InChI=1S/C10H7BrO3/c11-9(10(13)14)5-7-3-1-2-4-8(7)6-12/h1-6H,(H,13,14)/b9-5-. The number of halogens is 1. The van der Waals surface area contributed by atoms with Crippen LogP contribution in [0.15, 0.2) is 28.7 Å². The molecule has 0 saturated heterocycles. The van der Waals surface area contributed by atoms with Crippen molar-refractivity contribution in [1.82, 2.24) is 0 Å². The van der Waals surface area contributed by atoms with Gasteiger partial charge in [-0.1, -0.05) is 24.3 Å². The fourth-order valence-electron chi connectivity index (χ4n) is 0.948. The second-order valence-corrected chi connectivity index (χ2v) is 3.40. The average Bonchev–Trinajstić information content (AvgIpc) is 2.18. The molecule has 72 valence electrons. The molecule has 0 amide bonds. The molecule has 1 aromatic carbocycles. The maximum absolute atomic E-state index is 10.6. The monoisotopic (exact) mass is 254 g/mol. The van der Waals surface area contributed by atoms with Crippen molar-refractivity contribution in [3.63, 3.8) is 0 Å². The minimum absolute atomic E-state index is 0.0202. The zero-order valence-corrected chi connectivity index (χ0v) is 8.69. The van der Waals surface area contributed by atoms with Crippen molar-refractivity contribution in [2.24, 2.45) is 0 Å². The van der Waals surface area contributed by atoms with Gasteiger partial charge in [0, 0.05) is 5.56 Å². The first-order valence-corrected chi connectivity index (χ1v) is 4.59. The van der Waals surface area contributed by atoms with E-state index in [1.165, 1.54) is 6.08 Å². The fraction of sp³-hybridized carbons (Fsp3) is 0. The Kier molecular flexibility index (Phi) is 3.59. The molecule has 0 spiro atoms. The van der Waals surface area contributed by atoms with E-state index in [1.807, 2.05) is 0 Å². The second kappa shape index (κ2) is 4.72. The first-order valence-electron chi connectivity index (χ1n) is 3.80. The molecule has 0 aliphatic heterocycles. The lowest BCUT2D eigenvalue weighted by atomic mass is 10.1. The number of hydrogen-bond acceptors (Lipinski definition) is 2. The van der Waals surface area contributed by atoms with Crippen molar-refractivity contribution in [2.45, 2.75) is 0 Å². The van der Waals surface area contributed by atoms with Crippen molar-refractivity contribution in [3.8, 4) is 0 Å². The highest BCUT2D eigenvalue weighted by Crippen LogP contribution is 2.15. The number of carbonyl (C=O) groups excluding carboxylic acids is 1. The molecule has 14 heavy (non-hydrogen) atoms. The van der Waals surface area contributed by atoms with Gasteiger partial charge in [-0.3, -0.25) is 4.79 Å². The summed E-state index contributed by atoms with van der Waals surface area (Å²) in [5, 5.41) is 8.60. The molecule has 0 radical (unpaired) electrons. The van der Waals surface area contributed by atoms with Crippen LogP contribution >= 0.6 is 15.9 Å². The van der Waals surface area contributed by atoms with Crippen LogP contribution in [-0.4, -0.2) is 17.4 Å². The van der Waals surface area contributed by atoms with Crippen LogP contribution in [0.4, 0.5) is 0 Å².